The Morgan fingerprint density at radius 2 is 0.438 bits per heavy atom. The summed E-state index contributed by atoms with van der Waals surface area (Å²) < 4.78 is 85.8. The van der Waals surface area contributed by atoms with E-state index < -0.39 is 299 Å². The number of hydrogen-bond acceptors (Lipinski definition) is 41. The van der Waals surface area contributed by atoms with Crippen molar-refractivity contribution in [3.63, 3.8) is 0 Å². The summed E-state index contributed by atoms with van der Waals surface area (Å²) >= 11 is 0. The highest BCUT2D eigenvalue weighted by molar-refractivity contribution is 5.01. The molecule has 520 valence electrons. The van der Waals surface area contributed by atoms with Gasteiger partial charge in [0.25, 0.3) is 0 Å². The van der Waals surface area contributed by atoms with Crippen LogP contribution in [0.15, 0.2) is 0 Å². The fourth-order valence-corrected chi connectivity index (χ4v) is 11.3. The molecule has 0 bridgehead atoms. The van der Waals surface area contributed by atoms with Crippen molar-refractivity contribution in [2.75, 3.05) is 52.9 Å². The SMILES string of the molecule is OCC1O[C@@H](O[C@@H]2C(O)[C@@H](O)OC(CO[C@@H]3OC(CO)[C@@H](O)[C@H](O)C3O[C@@H]3OC(CO)[C@@H](O[C@@H]4OC(CO)[C@H](O)[C@H](O)C4O)[C@H](O)C3O)[C@H]2O[C@@H]2OC(CO)[C@@H](O)[C@H](O)C2O[C@@H]2OC(CO)[C@@H](O[C@@H]3OC(CO)[C@H](O)[C@H](O)C3O)[C@H](O)C2O)C(O)[C@@H](O)[C@@H]1O. The standard InChI is InChI=1S/C48H82O41/c49-1-9-17(56)22(61)29(68)42(77-9)84-35-14(6-54)82-45(32(71)27(35)66)88-39-25(64)20(59)12(4-52)80-47(39)75-8-16-37(38(34(73)41(74)76-16)87-44-31(70)24(63)19(58)11(3-51)79-44)86-48-40(26(65)21(60)13(5-53)81-48)89-46-33(72)28(67)36(15(7-55)83-46)85-43-30(69)23(62)18(57)10(2-50)78-43/h9-74H,1-8H2/t9?,10?,11?,12?,13?,14?,15?,16?,17-,18-,19+,20+,21+,22-,23-,24-,25-,26-,27+,28+,29?,30?,31?,32?,33?,34?,35+,36+,37+,38+,39?,40?,41-,42-,43-,44-,45-,46-,47+,48-/m0/s1. The van der Waals surface area contributed by atoms with Crippen LogP contribution in [0, 0.1) is 0 Å². The third kappa shape index (κ3) is 15.2. The molecule has 89 heavy (non-hydrogen) atoms. The molecule has 0 aromatic heterocycles. The molecule has 8 heterocycles. The molecule has 26 N–H and O–H groups in total. The van der Waals surface area contributed by atoms with Crippen LogP contribution in [-0.2, 0) is 71.1 Å². The molecule has 0 spiro atoms. The maximum atomic E-state index is 11.7. The van der Waals surface area contributed by atoms with Gasteiger partial charge in [0.15, 0.2) is 50.3 Å². The van der Waals surface area contributed by atoms with Crippen LogP contribution in [0.4, 0.5) is 0 Å². The number of aliphatic hydroxyl groups is 26. The van der Waals surface area contributed by atoms with Crippen molar-refractivity contribution in [3.05, 3.63) is 0 Å². The molecule has 41 heteroatoms. The Labute approximate surface area is 501 Å². The molecule has 0 aromatic rings. The average molecular weight is 1320 g/mol. The minimum absolute atomic E-state index is 0.901. The molecule has 16 unspecified atom stereocenters. The topological polar surface area (TPSA) is 664 Å². The molecule has 0 amide bonds. The third-order valence-electron chi connectivity index (χ3n) is 16.6. The summed E-state index contributed by atoms with van der Waals surface area (Å²) in [7, 11) is 0. The number of hydrogen-bond donors (Lipinski definition) is 26. The number of aliphatic hydroxyl groups excluding tert-OH is 26. The molecule has 8 aliphatic heterocycles. The van der Waals surface area contributed by atoms with Gasteiger partial charge in [-0.2, -0.15) is 0 Å². The lowest BCUT2D eigenvalue weighted by molar-refractivity contribution is -0.407. The summed E-state index contributed by atoms with van der Waals surface area (Å²) in [5.74, 6) is 0. The third-order valence-corrected chi connectivity index (χ3v) is 16.6. The predicted octanol–water partition coefficient (Wildman–Crippen LogP) is -18.5. The monoisotopic (exact) mass is 1310 g/mol. The smallest absolute Gasteiger partial charge is 0.187 e. The minimum atomic E-state index is -2.44. The van der Waals surface area contributed by atoms with Gasteiger partial charge in [-0.25, -0.2) is 0 Å². The van der Waals surface area contributed by atoms with Crippen LogP contribution in [-0.4, -0.2) is 431 Å². The summed E-state index contributed by atoms with van der Waals surface area (Å²) in [6, 6.07) is 0. The average Bonchev–Trinajstić information content (AvgIpc) is 1.89. The second-order valence-corrected chi connectivity index (χ2v) is 22.4. The van der Waals surface area contributed by atoms with Crippen molar-refractivity contribution < 1.29 is 204 Å². The highest BCUT2D eigenvalue weighted by atomic mass is 16.8. The van der Waals surface area contributed by atoms with Crippen molar-refractivity contribution in [1.29, 1.82) is 0 Å². The van der Waals surface area contributed by atoms with Gasteiger partial charge in [-0.1, -0.05) is 0 Å². The van der Waals surface area contributed by atoms with Crippen LogP contribution in [0.2, 0.25) is 0 Å². The molecule has 40 atom stereocenters. The Bertz CT molecular complexity index is 2130. The second kappa shape index (κ2) is 31.5. The molecular weight excluding hydrogens is 1230 g/mol. The summed E-state index contributed by atoms with van der Waals surface area (Å²) in [5, 5.41) is 279. The van der Waals surface area contributed by atoms with Crippen LogP contribution >= 0.6 is 0 Å². The van der Waals surface area contributed by atoms with E-state index in [2.05, 4.69) is 0 Å². The van der Waals surface area contributed by atoms with Crippen molar-refractivity contribution in [2.45, 2.75) is 246 Å². The Morgan fingerprint density at radius 1 is 0.191 bits per heavy atom. The highest BCUT2D eigenvalue weighted by Gasteiger charge is 2.59. The lowest BCUT2D eigenvalue weighted by Crippen LogP contribution is -2.69. The lowest BCUT2D eigenvalue weighted by atomic mass is 9.95. The normalized spacial score (nSPS) is 53.6. The van der Waals surface area contributed by atoms with E-state index in [0.717, 1.165) is 0 Å². The van der Waals surface area contributed by atoms with E-state index in [-0.39, 0.29) is 0 Å². The van der Waals surface area contributed by atoms with Gasteiger partial charge in [-0.3, -0.25) is 0 Å². The molecule has 0 radical (unpaired) electrons. The van der Waals surface area contributed by atoms with Crippen molar-refractivity contribution in [3.8, 4) is 0 Å². The van der Waals surface area contributed by atoms with Gasteiger partial charge in [0.05, 0.1) is 52.9 Å². The maximum Gasteiger partial charge on any atom is 0.187 e. The summed E-state index contributed by atoms with van der Waals surface area (Å²) in [5.41, 5.74) is 0. The second-order valence-electron chi connectivity index (χ2n) is 22.4. The Balaban J connectivity index is 1.07. The first-order valence-corrected chi connectivity index (χ1v) is 28.2. The van der Waals surface area contributed by atoms with Gasteiger partial charge in [0.1, 0.15) is 195 Å². The van der Waals surface area contributed by atoms with Crippen molar-refractivity contribution >= 4 is 0 Å². The molecule has 8 aliphatic rings. The van der Waals surface area contributed by atoms with E-state index in [9.17, 15) is 133 Å². The van der Waals surface area contributed by atoms with Crippen LogP contribution in [0.1, 0.15) is 0 Å². The predicted molar refractivity (Wildman–Crippen MR) is 264 cm³/mol. The minimum Gasteiger partial charge on any atom is -0.394 e. The van der Waals surface area contributed by atoms with E-state index in [1.165, 1.54) is 0 Å². The lowest BCUT2D eigenvalue weighted by Gasteiger charge is -2.50. The molecule has 8 rings (SSSR count). The fourth-order valence-electron chi connectivity index (χ4n) is 11.3. The Hall–Kier alpha value is -1.64. The zero-order valence-corrected chi connectivity index (χ0v) is 46.5. The molecular formula is C48H82O41. The van der Waals surface area contributed by atoms with Crippen LogP contribution in [0.25, 0.3) is 0 Å². The highest BCUT2D eigenvalue weighted by Crippen LogP contribution is 2.39. The van der Waals surface area contributed by atoms with Gasteiger partial charge in [-0.05, 0) is 0 Å². The van der Waals surface area contributed by atoms with E-state index in [4.69, 9.17) is 71.1 Å². The molecule has 0 aromatic carbocycles. The Kier molecular flexibility index (Phi) is 25.9. The summed E-state index contributed by atoms with van der Waals surface area (Å²) in [6.45, 7) is -8.37. The quantitative estimate of drug-likeness (QED) is 0.0479. The van der Waals surface area contributed by atoms with E-state index in [0.29, 0.717) is 0 Å². The van der Waals surface area contributed by atoms with Crippen LogP contribution in [0.5, 0.6) is 0 Å². The van der Waals surface area contributed by atoms with Gasteiger partial charge >= 0.3 is 0 Å². The maximum absolute atomic E-state index is 11.7. The number of ether oxygens (including phenoxy) is 15. The fraction of sp³-hybridized carbons (Fsp3) is 1.00. The van der Waals surface area contributed by atoms with Gasteiger partial charge in [-0.15, -0.1) is 0 Å². The summed E-state index contributed by atoms with van der Waals surface area (Å²) in [4.78, 5) is 0. The molecule has 0 aliphatic carbocycles. The van der Waals surface area contributed by atoms with Crippen molar-refractivity contribution in [2.24, 2.45) is 0 Å². The first kappa shape index (κ1) is 73.2. The molecule has 41 nitrogen and oxygen atoms in total. The van der Waals surface area contributed by atoms with Gasteiger partial charge in [0, 0.05) is 0 Å². The largest absolute Gasteiger partial charge is 0.394 e. The zero-order chi connectivity index (χ0) is 65.4. The van der Waals surface area contributed by atoms with E-state index in [1.54, 1.807) is 0 Å². The first-order chi connectivity index (χ1) is 42.2. The molecule has 0 saturated carbocycles. The van der Waals surface area contributed by atoms with E-state index >= 15 is 0 Å². The van der Waals surface area contributed by atoms with Gasteiger partial charge in [0.2, 0.25) is 0 Å². The van der Waals surface area contributed by atoms with Crippen LogP contribution < -0.4 is 0 Å². The summed E-state index contributed by atoms with van der Waals surface area (Å²) in [6.07, 6.45) is -82.7. The van der Waals surface area contributed by atoms with Crippen molar-refractivity contribution in [1.82, 2.24) is 0 Å². The molecule has 8 saturated heterocycles. The first-order valence-electron chi connectivity index (χ1n) is 28.2. The zero-order valence-electron chi connectivity index (χ0n) is 46.5. The van der Waals surface area contributed by atoms with Crippen LogP contribution in [0.3, 0.4) is 0 Å². The number of rotatable bonds is 22. The van der Waals surface area contributed by atoms with Gasteiger partial charge < -0.3 is 204 Å². The Morgan fingerprint density at radius 3 is 0.787 bits per heavy atom. The van der Waals surface area contributed by atoms with E-state index in [1.807, 2.05) is 0 Å². The molecule has 8 fully saturated rings.